The topological polar surface area (TPSA) is 75.3 Å². The van der Waals surface area contributed by atoms with E-state index in [0.717, 1.165) is 24.6 Å². The molecular weight excluding hydrogens is 314 g/mol. The fourth-order valence-electron chi connectivity index (χ4n) is 3.21. The Hall–Kier alpha value is -2.63. The van der Waals surface area contributed by atoms with Crippen LogP contribution in [0.2, 0.25) is 0 Å². The highest BCUT2D eigenvalue weighted by atomic mass is 16.2. The van der Waals surface area contributed by atoms with Crippen LogP contribution in [0.3, 0.4) is 0 Å². The maximum Gasteiger partial charge on any atom is 0.223 e. The number of nitrogen functional groups attached to an aromatic ring is 1. The highest BCUT2D eigenvalue weighted by Crippen LogP contribution is 2.21. The van der Waals surface area contributed by atoms with Gasteiger partial charge in [0.2, 0.25) is 11.9 Å². The largest absolute Gasteiger partial charge is 0.368 e. The van der Waals surface area contributed by atoms with Gasteiger partial charge in [-0.15, -0.1) is 0 Å². The molecule has 2 N–H and O–H groups in total. The number of nitrogens with zero attached hydrogens (tertiary/aromatic N) is 4. The van der Waals surface area contributed by atoms with Crippen molar-refractivity contribution < 1.29 is 4.79 Å². The molecule has 0 radical (unpaired) electrons. The number of anilines is 2. The summed E-state index contributed by atoms with van der Waals surface area (Å²) in [6.07, 6.45) is 0.545. The Kier molecular flexibility index (Phi) is 5.16. The zero-order chi connectivity index (χ0) is 17.8. The summed E-state index contributed by atoms with van der Waals surface area (Å²) in [7, 11) is 0. The monoisotopic (exact) mass is 339 g/mol. The standard InChI is InChI=1S/C19H25N5O/c1-14(16-6-4-3-5-7-16)12-18(25)24-10-8-23(9-11-24)17-13-15(2)21-19(20)22-17/h3-7,13-14H,8-12H2,1-2H3,(H2,20,21,22). The maximum absolute atomic E-state index is 12.6. The number of carbonyl (C=O) groups is 1. The minimum atomic E-state index is 0.217. The van der Waals surface area contributed by atoms with Crippen molar-refractivity contribution in [2.45, 2.75) is 26.2 Å². The van der Waals surface area contributed by atoms with E-state index in [4.69, 9.17) is 5.73 Å². The van der Waals surface area contributed by atoms with Crippen molar-refractivity contribution in [1.29, 1.82) is 0 Å². The smallest absolute Gasteiger partial charge is 0.223 e. The third-order valence-corrected chi connectivity index (χ3v) is 4.66. The number of aryl methyl sites for hydroxylation is 1. The van der Waals surface area contributed by atoms with Crippen LogP contribution in [0.5, 0.6) is 0 Å². The molecule has 132 valence electrons. The van der Waals surface area contributed by atoms with Crippen LogP contribution in [0.1, 0.15) is 30.5 Å². The van der Waals surface area contributed by atoms with Gasteiger partial charge >= 0.3 is 0 Å². The highest BCUT2D eigenvalue weighted by Gasteiger charge is 2.23. The zero-order valence-corrected chi connectivity index (χ0v) is 14.9. The Bertz CT molecular complexity index is 706. The van der Waals surface area contributed by atoms with Gasteiger partial charge in [-0.05, 0) is 18.4 Å². The normalized spacial score (nSPS) is 15.9. The third kappa shape index (κ3) is 4.26. The predicted octanol–water partition coefficient (Wildman–Crippen LogP) is 2.21. The minimum absolute atomic E-state index is 0.217. The molecule has 6 heteroatoms. The first-order valence-corrected chi connectivity index (χ1v) is 8.72. The SMILES string of the molecule is Cc1cc(N2CCN(C(=O)CC(C)c3ccccc3)CC2)nc(N)n1. The van der Waals surface area contributed by atoms with E-state index in [1.165, 1.54) is 5.56 Å². The Morgan fingerprint density at radius 1 is 1.16 bits per heavy atom. The van der Waals surface area contributed by atoms with Crippen molar-refractivity contribution in [3.63, 3.8) is 0 Å². The summed E-state index contributed by atoms with van der Waals surface area (Å²) < 4.78 is 0. The number of carbonyl (C=O) groups excluding carboxylic acids is 1. The number of aromatic nitrogens is 2. The predicted molar refractivity (Wildman–Crippen MR) is 99.4 cm³/mol. The van der Waals surface area contributed by atoms with Crippen molar-refractivity contribution in [2.75, 3.05) is 36.8 Å². The lowest BCUT2D eigenvalue weighted by molar-refractivity contribution is -0.131. The molecule has 1 aliphatic heterocycles. The van der Waals surface area contributed by atoms with Gasteiger partial charge in [-0.3, -0.25) is 4.79 Å². The molecule has 25 heavy (non-hydrogen) atoms. The van der Waals surface area contributed by atoms with Crippen molar-refractivity contribution in [1.82, 2.24) is 14.9 Å². The summed E-state index contributed by atoms with van der Waals surface area (Å²) in [4.78, 5) is 25.1. The van der Waals surface area contributed by atoms with Crippen molar-refractivity contribution >= 4 is 17.7 Å². The van der Waals surface area contributed by atoms with Gasteiger partial charge < -0.3 is 15.5 Å². The minimum Gasteiger partial charge on any atom is -0.368 e. The maximum atomic E-state index is 12.6. The lowest BCUT2D eigenvalue weighted by atomic mass is 9.97. The fourth-order valence-corrected chi connectivity index (χ4v) is 3.21. The number of amides is 1. The van der Waals surface area contributed by atoms with E-state index in [0.29, 0.717) is 25.5 Å². The summed E-state index contributed by atoms with van der Waals surface area (Å²) in [5.41, 5.74) is 7.81. The molecule has 6 nitrogen and oxygen atoms in total. The van der Waals surface area contributed by atoms with Crippen LogP contribution in [0, 0.1) is 6.92 Å². The van der Waals surface area contributed by atoms with Crippen molar-refractivity contribution in [2.24, 2.45) is 0 Å². The second kappa shape index (κ2) is 7.51. The van der Waals surface area contributed by atoms with Crippen molar-refractivity contribution in [3.8, 4) is 0 Å². The second-order valence-corrected chi connectivity index (χ2v) is 6.61. The van der Waals surface area contributed by atoms with Gasteiger partial charge in [0.1, 0.15) is 5.82 Å². The van der Waals surface area contributed by atoms with Gasteiger partial charge in [-0.25, -0.2) is 4.98 Å². The molecule has 1 aromatic heterocycles. The van der Waals surface area contributed by atoms with Crippen LogP contribution in [-0.2, 0) is 4.79 Å². The van der Waals surface area contributed by atoms with Crippen LogP contribution in [0.15, 0.2) is 36.4 Å². The third-order valence-electron chi connectivity index (χ3n) is 4.66. The van der Waals surface area contributed by atoms with E-state index in [1.54, 1.807) is 0 Å². The molecule has 1 saturated heterocycles. The van der Waals surface area contributed by atoms with E-state index in [-0.39, 0.29) is 11.8 Å². The summed E-state index contributed by atoms with van der Waals surface area (Å²) in [6.45, 7) is 6.97. The Morgan fingerprint density at radius 2 is 1.84 bits per heavy atom. The lowest BCUT2D eigenvalue weighted by Crippen LogP contribution is -2.49. The number of rotatable bonds is 4. The molecule has 3 rings (SSSR count). The van der Waals surface area contributed by atoms with Crippen molar-refractivity contribution in [3.05, 3.63) is 47.7 Å². The first-order chi connectivity index (χ1) is 12.0. The Balaban J connectivity index is 1.55. The molecule has 1 aromatic carbocycles. The summed E-state index contributed by atoms with van der Waals surface area (Å²) in [5.74, 6) is 1.59. The van der Waals surface area contributed by atoms with Crippen LogP contribution in [-0.4, -0.2) is 47.0 Å². The second-order valence-electron chi connectivity index (χ2n) is 6.61. The molecule has 1 aliphatic rings. The Morgan fingerprint density at radius 3 is 2.48 bits per heavy atom. The number of hydrogen-bond donors (Lipinski definition) is 1. The van der Waals surface area contributed by atoms with E-state index in [2.05, 4.69) is 33.9 Å². The van der Waals surface area contributed by atoms with Gasteiger partial charge in [-0.1, -0.05) is 37.3 Å². The van der Waals surface area contributed by atoms with E-state index >= 15 is 0 Å². The molecule has 2 heterocycles. The first-order valence-electron chi connectivity index (χ1n) is 8.72. The number of nitrogens with two attached hydrogens (primary N) is 1. The van der Waals surface area contributed by atoms with Gasteiger partial charge in [0.05, 0.1) is 0 Å². The quantitative estimate of drug-likeness (QED) is 0.924. The number of piperazine rings is 1. The summed E-state index contributed by atoms with van der Waals surface area (Å²) in [6, 6.07) is 12.1. The molecule has 1 unspecified atom stereocenters. The lowest BCUT2D eigenvalue weighted by Gasteiger charge is -2.36. The average molecular weight is 339 g/mol. The average Bonchev–Trinajstić information content (AvgIpc) is 2.61. The van der Waals surface area contributed by atoms with Gasteiger partial charge in [0, 0.05) is 44.4 Å². The molecule has 0 bridgehead atoms. The van der Waals surface area contributed by atoms with E-state index in [1.807, 2.05) is 36.1 Å². The Labute approximate surface area is 148 Å². The molecule has 1 fully saturated rings. The number of benzene rings is 1. The van der Waals surface area contributed by atoms with Crippen LogP contribution in [0.4, 0.5) is 11.8 Å². The number of hydrogen-bond acceptors (Lipinski definition) is 5. The summed E-state index contributed by atoms with van der Waals surface area (Å²) in [5, 5.41) is 0. The zero-order valence-electron chi connectivity index (χ0n) is 14.9. The van der Waals surface area contributed by atoms with Crippen LogP contribution in [0.25, 0.3) is 0 Å². The van der Waals surface area contributed by atoms with Crippen LogP contribution >= 0.6 is 0 Å². The molecule has 0 spiro atoms. The van der Waals surface area contributed by atoms with Gasteiger partial charge in [0.25, 0.3) is 0 Å². The molecule has 1 amide bonds. The van der Waals surface area contributed by atoms with E-state index in [9.17, 15) is 4.79 Å². The molecular formula is C19H25N5O. The molecule has 0 saturated carbocycles. The summed E-state index contributed by atoms with van der Waals surface area (Å²) >= 11 is 0. The molecule has 0 aliphatic carbocycles. The fraction of sp³-hybridized carbons (Fsp3) is 0.421. The molecule has 2 aromatic rings. The van der Waals surface area contributed by atoms with E-state index < -0.39 is 0 Å². The van der Waals surface area contributed by atoms with Crippen LogP contribution < -0.4 is 10.6 Å². The highest BCUT2D eigenvalue weighted by molar-refractivity contribution is 5.77. The molecule has 1 atom stereocenters. The van der Waals surface area contributed by atoms with Gasteiger partial charge in [-0.2, -0.15) is 4.98 Å². The first kappa shape index (κ1) is 17.2. The van der Waals surface area contributed by atoms with Gasteiger partial charge in [0.15, 0.2) is 0 Å².